The summed E-state index contributed by atoms with van der Waals surface area (Å²) in [4.78, 5) is 21.3. The molecule has 2 aromatic heterocycles. The molecule has 8 nitrogen and oxygen atoms in total. The lowest BCUT2D eigenvalue weighted by Gasteiger charge is -2.22. The quantitative estimate of drug-likeness (QED) is 0.0818. The molecule has 0 radical (unpaired) electrons. The summed E-state index contributed by atoms with van der Waals surface area (Å²) in [6.07, 6.45) is 2.93. The Morgan fingerprint density at radius 2 is 1.95 bits per heavy atom. The van der Waals surface area contributed by atoms with Crippen LogP contribution in [0.15, 0.2) is 82.8 Å². The zero-order valence-corrected chi connectivity index (χ0v) is 25.8. The Bertz CT molecular complexity index is 1820. The summed E-state index contributed by atoms with van der Waals surface area (Å²) in [5, 5.41) is 15.7. The van der Waals surface area contributed by atoms with Crippen molar-refractivity contribution in [2.45, 2.75) is 49.7 Å². The predicted octanol–water partition coefficient (Wildman–Crippen LogP) is 7.50. The molecule has 0 bridgehead atoms. The molecule has 3 aromatic carbocycles. The number of benzene rings is 3. The van der Waals surface area contributed by atoms with Gasteiger partial charge < -0.3 is 24.0 Å². The fourth-order valence-electron chi connectivity index (χ4n) is 5.44. The number of carboxylic acid groups (broad SMARTS) is 1. The molecule has 0 saturated heterocycles. The van der Waals surface area contributed by atoms with Crippen molar-refractivity contribution in [1.29, 1.82) is 0 Å². The van der Waals surface area contributed by atoms with Gasteiger partial charge in [-0.2, -0.15) is 0 Å². The molecule has 3 heterocycles. The van der Waals surface area contributed by atoms with Gasteiger partial charge in [-0.3, -0.25) is 0 Å². The minimum Gasteiger partial charge on any atom is -0.487 e. The van der Waals surface area contributed by atoms with E-state index in [0.717, 1.165) is 45.5 Å². The van der Waals surface area contributed by atoms with Crippen molar-refractivity contribution in [3.05, 3.63) is 100 Å². The van der Waals surface area contributed by atoms with Gasteiger partial charge in [0, 0.05) is 50.7 Å². The van der Waals surface area contributed by atoms with Crippen LogP contribution in [0.2, 0.25) is 5.02 Å². The Labute approximate surface area is 264 Å². The molecule has 1 unspecified atom stereocenters. The number of ether oxygens (including phenoxy) is 2. The number of thioether (sulfide) groups is 1. The number of hydrogen-bond acceptors (Lipinski definition) is 7. The van der Waals surface area contributed by atoms with E-state index in [0.29, 0.717) is 43.1 Å². The lowest BCUT2D eigenvalue weighted by molar-refractivity contribution is -0.142. The largest absolute Gasteiger partial charge is 0.487 e. The van der Waals surface area contributed by atoms with Crippen molar-refractivity contribution < 1.29 is 24.2 Å². The van der Waals surface area contributed by atoms with Crippen molar-refractivity contribution >= 4 is 57.4 Å². The van der Waals surface area contributed by atoms with E-state index in [1.807, 2.05) is 48.2 Å². The maximum Gasteiger partial charge on any atom is 0.344 e. The molecule has 1 aliphatic rings. The summed E-state index contributed by atoms with van der Waals surface area (Å²) in [5.74, 6) is -0.180. The van der Waals surface area contributed by atoms with Crippen molar-refractivity contribution in [2.75, 3.05) is 13.2 Å². The molecule has 0 aliphatic carbocycles. The molecule has 0 fully saturated rings. The second kappa shape index (κ2) is 13.7. The summed E-state index contributed by atoms with van der Waals surface area (Å²) in [5.41, 5.74) is 6.45. The highest BCUT2D eigenvalue weighted by Gasteiger charge is 2.29. The highest BCUT2D eigenvalue weighted by molar-refractivity contribution is 8.00. The van der Waals surface area contributed by atoms with Gasteiger partial charge in [0.25, 0.3) is 0 Å². The van der Waals surface area contributed by atoms with E-state index < -0.39 is 12.6 Å². The Morgan fingerprint density at radius 3 is 2.80 bits per heavy atom. The van der Waals surface area contributed by atoms with Crippen LogP contribution < -0.4 is 4.74 Å². The molecule has 0 saturated carbocycles. The number of hydrogen-bond donors (Lipinski definition) is 1. The first-order valence-electron chi connectivity index (χ1n) is 14.4. The van der Waals surface area contributed by atoms with E-state index in [9.17, 15) is 4.79 Å². The SMILES string of the molecule is CC1Cc2c(OCc3ccc4ccccc4n3)ccc3c2c(c(COCCC=NOCC(=O)O)n3Cc2ccc(Cl)cc2)S1. The number of halogens is 1. The van der Waals surface area contributed by atoms with Crippen molar-refractivity contribution in [1.82, 2.24) is 9.55 Å². The fourth-order valence-corrected chi connectivity index (χ4v) is 6.87. The van der Waals surface area contributed by atoms with E-state index in [-0.39, 0.29) is 0 Å². The van der Waals surface area contributed by atoms with E-state index >= 15 is 0 Å². The van der Waals surface area contributed by atoms with Gasteiger partial charge >= 0.3 is 5.97 Å². The number of carbonyl (C=O) groups is 1. The Hall–Kier alpha value is -4.05. The third-order valence-electron chi connectivity index (χ3n) is 7.42. The first-order chi connectivity index (χ1) is 21.5. The number of aliphatic carboxylic acids is 1. The lowest BCUT2D eigenvalue weighted by Crippen LogP contribution is -2.10. The van der Waals surface area contributed by atoms with Crippen LogP contribution in [-0.2, 0) is 40.5 Å². The van der Waals surface area contributed by atoms with Gasteiger partial charge in [0.2, 0.25) is 6.61 Å². The average Bonchev–Trinajstić information content (AvgIpc) is 3.31. The number of rotatable bonds is 13. The third-order valence-corrected chi connectivity index (χ3v) is 8.91. The van der Waals surface area contributed by atoms with Crippen LogP contribution in [-0.4, -0.2) is 45.3 Å². The van der Waals surface area contributed by atoms with Crippen LogP contribution in [0.5, 0.6) is 5.75 Å². The number of carboxylic acids is 1. The Kier molecular flexibility index (Phi) is 9.35. The summed E-state index contributed by atoms with van der Waals surface area (Å²) in [7, 11) is 0. The van der Waals surface area contributed by atoms with Crippen molar-refractivity contribution in [3.63, 3.8) is 0 Å². The van der Waals surface area contributed by atoms with Crippen LogP contribution in [0, 0.1) is 0 Å². The molecule has 44 heavy (non-hydrogen) atoms. The van der Waals surface area contributed by atoms with Crippen LogP contribution in [0.25, 0.3) is 21.8 Å². The van der Waals surface area contributed by atoms with Crippen LogP contribution >= 0.6 is 23.4 Å². The number of oxime groups is 1. The number of pyridine rings is 1. The monoisotopic (exact) mass is 629 g/mol. The normalized spacial score (nSPS) is 14.5. The van der Waals surface area contributed by atoms with E-state index in [1.54, 1.807) is 0 Å². The summed E-state index contributed by atoms with van der Waals surface area (Å²) in [6, 6.07) is 24.4. The third kappa shape index (κ3) is 6.85. The minimum atomic E-state index is -1.06. The van der Waals surface area contributed by atoms with E-state index in [2.05, 4.69) is 53.0 Å². The zero-order chi connectivity index (χ0) is 30.5. The van der Waals surface area contributed by atoms with Gasteiger partial charge in [0.1, 0.15) is 12.4 Å². The van der Waals surface area contributed by atoms with Gasteiger partial charge in [-0.15, -0.1) is 11.8 Å². The van der Waals surface area contributed by atoms with Crippen LogP contribution in [0.1, 0.15) is 35.9 Å². The van der Waals surface area contributed by atoms with Crippen molar-refractivity contribution in [3.8, 4) is 5.75 Å². The van der Waals surface area contributed by atoms with E-state index in [1.165, 1.54) is 22.1 Å². The molecule has 1 atom stereocenters. The maximum atomic E-state index is 10.6. The maximum absolute atomic E-state index is 10.6. The van der Waals surface area contributed by atoms with Gasteiger partial charge in [-0.05, 0) is 48.4 Å². The second-order valence-corrected chi connectivity index (χ2v) is 12.5. The minimum absolute atomic E-state index is 0.359. The number of aromatic nitrogens is 2. The molecule has 1 N–H and O–H groups in total. The molecule has 1 aliphatic heterocycles. The van der Waals surface area contributed by atoms with Gasteiger partial charge in [-0.25, -0.2) is 9.78 Å². The Morgan fingerprint density at radius 1 is 1.11 bits per heavy atom. The van der Waals surface area contributed by atoms with Gasteiger partial charge in [0.05, 0.1) is 35.6 Å². The molecule has 10 heteroatoms. The molecule has 0 amide bonds. The number of para-hydroxylation sites is 1. The summed E-state index contributed by atoms with van der Waals surface area (Å²) >= 11 is 8.06. The van der Waals surface area contributed by atoms with Gasteiger partial charge in [-0.1, -0.05) is 60.1 Å². The first kappa shape index (κ1) is 30.0. The van der Waals surface area contributed by atoms with Crippen LogP contribution in [0.3, 0.4) is 0 Å². The second-order valence-electron chi connectivity index (χ2n) is 10.6. The topological polar surface area (TPSA) is 95.2 Å². The highest BCUT2D eigenvalue weighted by Crippen LogP contribution is 2.47. The molecule has 226 valence electrons. The Balaban J connectivity index is 1.29. The fraction of sp³-hybridized carbons (Fsp3) is 0.265. The lowest BCUT2D eigenvalue weighted by atomic mass is 10.0. The van der Waals surface area contributed by atoms with Crippen LogP contribution in [0.4, 0.5) is 0 Å². The smallest absolute Gasteiger partial charge is 0.344 e. The summed E-state index contributed by atoms with van der Waals surface area (Å²) in [6.45, 7) is 3.68. The molecular weight excluding hydrogens is 598 g/mol. The molecule has 0 spiro atoms. The zero-order valence-electron chi connectivity index (χ0n) is 24.2. The standard InChI is InChI=1S/C34H32ClN3O5S/c1-22-17-27-31(42-19-26-12-9-24-5-2-3-6-28(24)37-26)14-13-29-33(27)34(44-22)30(20-41-16-4-15-36-43-21-32(39)40)38(29)18-23-7-10-25(35)11-8-23/h2-3,5-15,22H,4,16-21H2,1H3,(H,39,40). The number of nitrogens with zero attached hydrogens (tertiary/aromatic N) is 3. The van der Waals surface area contributed by atoms with E-state index in [4.69, 9.17) is 36.0 Å². The molecule has 6 rings (SSSR count). The average molecular weight is 630 g/mol. The molecule has 5 aromatic rings. The molecular formula is C34H32ClN3O5S. The van der Waals surface area contributed by atoms with Gasteiger partial charge in [0.15, 0.2) is 0 Å². The number of fused-ring (bicyclic) bond motifs is 1. The van der Waals surface area contributed by atoms with Crippen molar-refractivity contribution in [2.24, 2.45) is 5.16 Å². The summed E-state index contributed by atoms with van der Waals surface area (Å²) < 4.78 is 14.9. The highest BCUT2D eigenvalue weighted by atomic mass is 35.5. The predicted molar refractivity (Wildman–Crippen MR) is 174 cm³/mol. The first-order valence-corrected chi connectivity index (χ1v) is 15.7.